The van der Waals surface area contributed by atoms with Crippen molar-refractivity contribution in [3.05, 3.63) is 21.4 Å². The van der Waals surface area contributed by atoms with E-state index in [0.29, 0.717) is 11.5 Å². The van der Waals surface area contributed by atoms with Crippen molar-refractivity contribution in [3.8, 4) is 0 Å². The van der Waals surface area contributed by atoms with Gasteiger partial charge in [0.25, 0.3) is 5.91 Å². The molecule has 1 aromatic heterocycles. The second-order valence-corrected chi connectivity index (χ2v) is 6.79. The highest BCUT2D eigenvalue weighted by Gasteiger charge is 2.12. The maximum absolute atomic E-state index is 11.4. The van der Waals surface area contributed by atoms with E-state index in [1.54, 1.807) is 0 Å². The lowest BCUT2D eigenvalue weighted by molar-refractivity contribution is 0.0951. The first kappa shape index (κ1) is 15.1. The summed E-state index contributed by atoms with van der Waals surface area (Å²) in [4.78, 5) is 13.1. The van der Waals surface area contributed by atoms with Gasteiger partial charge in [-0.15, -0.1) is 11.3 Å². The van der Waals surface area contributed by atoms with Gasteiger partial charge in [0.2, 0.25) is 0 Å². The number of carbonyl (C=O) groups excluding carboxylic acids is 1. The second kappa shape index (κ2) is 6.31. The number of nitrogens with two attached hydrogens (primary N) is 1. The van der Waals surface area contributed by atoms with Crippen LogP contribution in [0.2, 0.25) is 0 Å². The average molecular weight is 270 g/mol. The van der Waals surface area contributed by atoms with Gasteiger partial charge < -0.3 is 4.74 Å². The minimum atomic E-state index is -0.246. The SMILES string of the molecule is Cc1sc(C(=O)NN)cc1COCCC(C)(C)C. The second-order valence-electron chi connectivity index (χ2n) is 5.53. The van der Waals surface area contributed by atoms with Gasteiger partial charge in [-0.05, 0) is 30.4 Å². The first-order chi connectivity index (χ1) is 8.33. The zero-order valence-corrected chi connectivity index (χ0v) is 12.3. The Morgan fingerprint density at radius 2 is 2.17 bits per heavy atom. The third-order valence-corrected chi connectivity index (χ3v) is 3.72. The molecule has 0 unspecified atom stereocenters. The molecule has 0 aliphatic rings. The number of aryl methyl sites for hydroxylation is 1. The van der Waals surface area contributed by atoms with E-state index in [9.17, 15) is 4.79 Å². The number of nitrogen functional groups attached to an aromatic ring is 1. The van der Waals surface area contributed by atoms with Gasteiger partial charge in [-0.25, -0.2) is 5.84 Å². The van der Waals surface area contributed by atoms with Crippen molar-refractivity contribution in [1.29, 1.82) is 0 Å². The molecule has 0 spiro atoms. The Hall–Kier alpha value is -0.910. The standard InChI is InChI=1S/C13H22N2O2S/c1-9-10(7-11(18-9)12(16)15-14)8-17-6-5-13(2,3)4/h7H,5-6,8,14H2,1-4H3,(H,15,16). The maximum atomic E-state index is 11.4. The highest BCUT2D eigenvalue weighted by Crippen LogP contribution is 2.23. The van der Waals surface area contributed by atoms with E-state index in [4.69, 9.17) is 10.6 Å². The Kier molecular flexibility index (Phi) is 5.31. The lowest BCUT2D eigenvalue weighted by Crippen LogP contribution is -2.29. The highest BCUT2D eigenvalue weighted by atomic mass is 32.1. The summed E-state index contributed by atoms with van der Waals surface area (Å²) in [6.45, 7) is 9.84. The van der Waals surface area contributed by atoms with E-state index in [-0.39, 0.29) is 11.3 Å². The first-order valence-electron chi connectivity index (χ1n) is 6.01. The fourth-order valence-electron chi connectivity index (χ4n) is 1.41. The molecule has 0 fully saturated rings. The van der Waals surface area contributed by atoms with E-state index in [1.807, 2.05) is 13.0 Å². The molecule has 1 rings (SSSR count). The smallest absolute Gasteiger partial charge is 0.275 e. The molecule has 4 nitrogen and oxygen atoms in total. The molecular formula is C13H22N2O2S. The van der Waals surface area contributed by atoms with Crippen LogP contribution in [0.25, 0.3) is 0 Å². The normalized spacial score (nSPS) is 11.6. The van der Waals surface area contributed by atoms with Crippen molar-refractivity contribution in [3.63, 3.8) is 0 Å². The zero-order chi connectivity index (χ0) is 13.8. The summed E-state index contributed by atoms with van der Waals surface area (Å²) >= 11 is 1.44. The van der Waals surface area contributed by atoms with Crippen LogP contribution in [-0.2, 0) is 11.3 Å². The number of nitrogens with one attached hydrogen (secondary N) is 1. The van der Waals surface area contributed by atoms with Crippen molar-refractivity contribution < 1.29 is 9.53 Å². The Bertz CT molecular complexity index is 408. The fraction of sp³-hybridized carbons (Fsp3) is 0.615. The number of carbonyl (C=O) groups is 1. The van der Waals surface area contributed by atoms with E-state index in [0.717, 1.165) is 23.5 Å². The monoisotopic (exact) mass is 270 g/mol. The van der Waals surface area contributed by atoms with Crippen molar-refractivity contribution in [1.82, 2.24) is 5.43 Å². The molecule has 5 heteroatoms. The minimum absolute atomic E-state index is 0.246. The summed E-state index contributed by atoms with van der Waals surface area (Å²) in [5.74, 6) is 4.86. The number of rotatable bonds is 5. The molecule has 0 aliphatic heterocycles. The Balaban J connectivity index is 2.48. The lowest BCUT2D eigenvalue weighted by Gasteiger charge is -2.17. The molecule has 0 saturated carbocycles. The van der Waals surface area contributed by atoms with Crippen molar-refractivity contribution in [2.24, 2.45) is 11.3 Å². The summed E-state index contributed by atoms with van der Waals surface area (Å²) in [7, 11) is 0. The Morgan fingerprint density at radius 1 is 1.50 bits per heavy atom. The zero-order valence-electron chi connectivity index (χ0n) is 11.5. The number of hydrogen-bond donors (Lipinski definition) is 2. The van der Waals surface area contributed by atoms with Gasteiger partial charge in [-0.2, -0.15) is 0 Å². The summed E-state index contributed by atoms with van der Waals surface area (Å²) in [6.07, 6.45) is 1.02. The van der Waals surface area contributed by atoms with Crippen LogP contribution in [0.1, 0.15) is 47.3 Å². The van der Waals surface area contributed by atoms with Gasteiger partial charge in [0.05, 0.1) is 11.5 Å². The predicted octanol–water partition coefficient (Wildman–Crippen LogP) is 2.61. The largest absolute Gasteiger partial charge is 0.377 e. The van der Waals surface area contributed by atoms with Crippen LogP contribution in [0.5, 0.6) is 0 Å². The third-order valence-electron chi connectivity index (χ3n) is 2.63. The van der Waals surface area contributed by atoms with Gasteiger partial charge >= 0.3 is 0 Å². The van der Waals surface area contributed by atoms with Crippen molar-refractivity contribution in [2.45, 2.75) is 40.7 Å². The Labute approximate surface area is 112 Å². The van der Waals surface area contributed by atoms with Crippen LogP contribution in [-0.4, -0.2) is 12.5 Å². The molecule has 102 valence electrons. The molecule has 0 bridgehead atoms. The first-order valence-corrected chi connectivity index (χ1v) is 6.83. The number of hydrazine groups is 1. The van der Waals surface area contributed by atoms with E-state index in [1.165, 1.54) is 11.3 Å². The Morgan fingerprint density at radius 3 is 2.72 bits per heavy atom. The lowest BCUT2D eigenvalue weighted by atomic mass is 9.93. The van der Waals surface area contributed by atoms with Gasteiger partial charge in [-0.3, -0.25) is 10.2 Å². The van der Waals surface area contributed by atoms with Gasteiger partial charge in [0, 0.05) is 11.5 Å². The number of ether oxygens (including phenoxy) is 1. The predicted molar refractivity (Wildman–Crippen MR) is 74.4 cm³/mol. The van der Waals surface area contributed by atoms with E-state index < -0.39 is 0 Å². The molecular weight excluding hydrogens is 248 g/mol. The minimum Gasteiger partial charge on any atom is -0.377 e. The van der Waals surface area contributed by atoms with Gasteiger partial charge in [0.15, 0.2) is 0 Å². The fourth-order valence-corrected chi connectivity index (χ4v) is 2.34. The molecule has 1 amide bonds. The highest BCUT2D eigenvalue weighted by molar-refractivity contribution is 7.14. The van der Waals surface area contributed by atoms with Crippen LogP contribution >= 0.6 is 11.3 Å². The molecule has 0 aromatic carbocycles. The van der Waals surface area contributed by atoms with Crippen LogP contribution in [0, 0.1) is 12.3 Å². The molecule has 0 aliphatic carbocycles. The number of hydrogen-bond acceptors (Lipinski definition) is 4. The summed E-state index contributed by atoms with van der Waals surface area (Å²) in [5.41, 5.74) is 3.49. The maximum Gasteiger partial charge on any atom is 0.275 e. The van der Waals surface area contributed by atoms with Crippen LogP contribution in [0.4, 0.5) is 0 Å². The van der Waals surface area contributed by atoms with E-state index >= 15 is 0 Å². The summed E-state index contributed by atoms with van der Waals surface area (Å²) in [6, 6.07) is 1.85. The molecule has 18 heavy (non-hydrogen) atoms. The van der Waals surface area contributed by atoms with Gasteiger partial charge in [0.1, 0.15) is 0 Å². The molecule has 0 atom stereocenters. The average Bonchev–Trinajstić information content (AvgIpc) is 2.64. The van der Waals surface area contributed by atoms with Crippen molar-refractivity contribution >= 4 is 17.2 Å². The van der Waals surface area contributed by atoms with Gasteiger partial charge in [-0.1, -0.05) is 20.8 Å². The number of thiophene rings is 1. The molecule has 1 heterocycles. The van der Waals surface area contributed by atoms with Crippen LogP contribution < -0.4 is 11.3 Å². The third kappa shape index (κ3) is 4.76. The van der Waals surface area contributed by atoms with Crippen LogP contribution in [0.15, 0.2) is 6.07 Å². The topological polar surface area (TPSA) is 64.4 Å². The van der Waals surface area contributed by atoms with Crippen molar-refractivity contribution in [2.75, 3.05) is 6.61 Å². The molecule has 0 saturated heterocycles. The quantitative estimate of drug-likeness (QED) is 0.374. The summed E-state index contributed by atoms with van der Waals surface area (Å²) in [5, 5.41) is 0. The summed E-state index contributed by atoms with van der Waals surface area (Å²) < 4.78 is 5.65. The molecule has 0 radical (unpaired) electrons. The molecule has 1 aromatic rings. The van der Waals surface area contributed by atoms with E-state index in [2.05, 4.69) is 26.2 Å². The van der Waals surface area contributed by atoms with Crippen LogP contribution in [0.3, 0.4) is 0 Å². The molecule has 3 N–H and O–H groups in total. The number of amides is 1.